The maximum Gasteiger partial charge on any atom is 0.244 e. The lowest BCUT2D eigenvalue weighted by atomic mass is 10.1. The highest BCUT2D eigenvalue weighted by Gasteiger charge is 2.26. The number of thiophene rings is 1. The molecule has 1 atom stereocenters. The number of nitrogens with zero attached hydrogens (tertiary/aromatic N) is 1. The van der Waals surface area contributed by atoms with Gasteiger partial charge in [-0.05, 0) is 60.5 Å². The first-order valence-electron chi connectivity index (χ1n) is 9.66. The molecular formula is C23H20ClN3O3S. The van der Waals surface area contributed by atoms with Crippen LogP contribution in [0, 0.1) is 0 Å². The van der Waals surface area contributed by atoms with Crippen LogP contribution >= 0.6 is 22.9 Å². The van der Waals surface area contributed by atoms with Crippen molar-refractivity contribution in [1.29, 1.82) is 0 Å². The molecule has 4 rings (SSSR count). The molecule has 0 aliphatic carbocycles. The number of aromatic nitrogens is 1. The third-order valence-corrected chi connectivity index (χ3v) is 6.35. The zero-order chi connectivity index (χ0) is 22.0. The normalized spacial score (nSPS) is 15.0. The summed E-state index contributed by atoms with van der Waals surface area (Å²) in [6.45, 7) is 1.91. The number of halogens is 1. The quantitative estimate of drug-likeness (QED) is 0.426. The Labute approximate surface area is 188 Å². The number of fused-ring (bicyclic) bond motifs is 1. The summed E-state index contributed by atoms with van der Waals surface area (Å²) in [5.41, 5.74) is 8.28. The first kappa shape index (κ1) is 21.1. The van der Waals surface area contributed by atoms with Gasteiger partial charge in [-0.15, -0.1) is 11.3 Å². The monoisotopic (exact) mass is 453 g/mol. The lowest BCUT2D eigenvalue weighted by Gasteiger charge is -2.11. The third-order valence-electron chi connectivity index (χ3n) is 4.83. The van der Waals surface area contributed by atoms with Crippen molar-refractivity contribution in [2.45, 2.75) is 19.4 Å². The molecule has 31 heavy (non-hydrogen) atoms. The van der Waals surface area contributed by atoms with Crippen molar-refractivity contribution in [2.24, 2.45) is 0 Å². The number of ketones is 1. The summed E-state index contributed by atoms with van der Waals surface area (Å²) in [5.74, 6) is 0.902. The van der Waals surface area contributed by atoms with Crippen molar-refractivity contribution in [3.8, 4) is 16.2 Å². The number of rotatable bonds is 6. The molecule has 3 N–H and O–H groups in total. The zero-order valence-corrected chi connectivity index (χ0v) is 18.3. The second-order valence-electron chi connectivity index (χ2n) is 7.21. The van der Waals surface area contributed by atoms with Crippen molar-refractivity contribution >= 4 is 46.5 Å². The van der Waals surface area contributed by atoms with E-state index in [-0.39, 0.29) is 17.8 Å². The summed E-state index contributed by atoms with van der Waals surface area (Å²) in [5, 5.41) is 3.37. The van der Waals surface area contributed by atoms with E-state index in [1.807, 2.05) is 24.3 Å². The Morgan fingerprint density at radius 2 is 2.16 bits per heavy atom. The Balaban J connectivity index is 1.38. The summed E-state index contributed by atoms with van der Waals surface area (Å²) < 4.78 is 5.95. The fourth-order valence-corrected chi connectivity index (χ4v) is 4.46. The van der Waals surface area contributed by atoms with E-state index in [1.165, 1.54) is 17.4 Å². The van der Waals surface area contributed by atoms with Crippen molar-refractivity contribution in [3.05, 3.63) is 69.7 Å². The number of hydrogen-bond donors (Lipinski definition) is 2. The predicted molar refractivity (Wildman–Crippen MR) is 124 cm³/mol. The Morgan fingerprint density at radius 1 is 1.32 bits per heavy atom. The van der Waals surface area contributed by atoms with Gasteiger partial charge in [0.15, 0.2) is 5.78 Å². The number of nitrogens with two attached hydrogens (primary N) is 1. The number of anilines is 1. The summed E-state index contributed by atoms with van der Waals surface area (Å²) >= 11 is 7.89. The number of hydrogen-bond acceptors (Lipinski definition) is 6. The van der Waals surface area contributed by atoms with E-state index in [0.717, 1.165) is 21.6 Å². The smallest absolute Gasteiger partial charge is 0.244 e. The van der Waals surface area contributed by atoms with Crippen molar-refractivity contribution < 1.29 is 14.3 Å². The van der Waals surface area contributed by atoms with Crippen LogP contribution in [0.1, 0.15) is 27.7 Å². The van der Waals surface area contributed by atoms with Crippen molar-refractivity contribution in [1.82, 2.24) is 10.3 Å². The van der Waals surface area contributed by atoms with Gasteiger partial charge in [0.25, 0.3) is 0 Å². The highest BCUT2D eigenvalue weighted by molar-refractivity contribution is 7.17. The molecule has 1 amide bonds. The first-order chi connectivity index (χ1) is 14.9. The van der Waals surface area contributed by atoms with Gasteiger partial charge in [-0.1, -0.05) is 11.6 Å². The van der Waals surface area contributed by atoms with Gasteiger partial charge in [0.05, 0.1) is 16.4 Å². The number of nitrogens with one attached hydrogen (secondary N) is 1. The lowest BCUT2D eigenvalue weighted by Crippen LogP contribution is -2.33. The number of amides is 1. The molecule has 0 fully saturated rings. The standard InChI is InChI=1S/C23H20ClN3O3S/c1-13(28)19-4-5-20(31-19)15-8-16-9-17(30-23(16)18(24)10-15)12-27-22(29)7-3-14-2-6-21(25)26-11-14/h2-8,10-11,17H,9,12H2,1H3,(H2,25,26)(H,27,29)/t17-/m1/s1. The van der Waals surface area contributed by atoms with Gasteiger partial charge in [-0.3, -0.25) is 9.59 Å². The van der Waals surface area contributed by atoms with E-state index in [1.54, 1.807) is 31.3 Å². The Hall–Kier alpha value is -3.16. The largest absolute Gasteiger partial charge is 0.486 e. The Bertz CT molecular complexity index is 1170. The van der Waals surface area contributed by atoms with Gasteiger partial charge in [0.2, 0.25) is 5.91 Å². The van der Waals surface area contributed by atoms with Gasteiger partial charge in [-0.25, -0.2) is 4.98 Å². The number of carbonyl (C=O) groups is 2. The molecule has 158 valence electrons. The van der Waals surface area contributed by atoms with Crippen LogP contribution in [0.25, 0.3) is 16.5 Å². The molecule has 0 spiro atoms. The summed E-state index contributed by atoms with van der Waals surface area (Å²) in [7, 11) is 0. The molecule has 3 heterocycles. The van der Waals surface area contributed by atoms with Crippen LogP contribution in [0.3, 0.4) is 0 Å². The van der Waals surface area contributed by atoms with Gasteiger partial charge in [0, 0.05) is 29.1 Å². The predicted octanol–water partition coefficient (Wildman–Crippen LogP) is 4.38. The van der Waals surface area contributed by atoms with Crippen molar-refractivity contribution in [2.75, 3.05) is 12.3 Å². The molecule has 0 radical (unpaired) electrons. The van der Waals surface area contributed by atoms with Gasteiger partial charge >= 0.3 is 0 Å². The molecule has 2 aromatic heterocycles. The van der Waals surface area contributed by atoms with Gasteiger partial charge in [-0.2, -0.15) is 0 Å². The number of nitrogen functional groups attached to an aromatic ring is 1. The minimum Gasteiger partial charge on any atom is -0.486 e. The number of Topliss-reactive ketones (excluding diaryl/α,β-unsaturated/α-hetero) is 1. The number of benzene rings is 1. The molecule has 6 nitrogen and oxygen atoms in total. The average Bonchev–Trinajstić information content (AvgIpc) is 3.39. The molecule has 0 saturated heterocycles. The minimum absolute atomic E-state index is 0.0457. The summed E-state index contributed by atoms with van der Waals surface area (Å²) in [4.78, 5) is 29.4. The minimum atomic E-state index is -0.224. The first-order valence-corrected chi connectivity index (χ1v) is 10.9. The topological polar surface area (TPSA) is 94.3 Å². The van der Waals surface area contributed by atoms with E-state index >= 15 is 0 Å². The van der Waals surface area contributed by atoms with E-state index < -0.39 is 0 Å². The molecular weight excluding hydrogens is 434 g/mol. The van der Waals surface area contributed by atoms with E-state index in [2.05, 4.69) is 10.3 Å². The second kappa shape index (κ2) is 8.91. The molecule has 8 heteroatoms. The van der Waals surface area contributed by atoms with E-state index in [0.29, 0.717) is 34.4 Å². The molecule has 0 bridgehead atoms. The molecule has 1 aromatic carbocycles. The van der Waals surface area contributed by atoms with Crippen LogP contribution in [0.4, 0.5) is 5.82 Å². The number of pyridine rings is 1. The van der Waals surface area contributed by atoms with Crippen LogP contribution in [-0.4, -0.2) is 29.3 Å². The third kappa shape index (κ3) is 4.95. The SMILES string of the molecule is CC(=O)c1ccc(-c2cc(Cl)c3c(c2)C[C@H](CNC(=O)C=Cc2ccc(N)nc2)O3)s1. The maximum absolute atomic E-state index is 12.1. The van der Waals surface area contributed by atoms with Crippen LogP contribution in [-0.2, 0) is 11.2 Å². The molecule has 1 aliphatic rings. The zero-order valence-electron chi connectivity index (χ0n) is 16.7. The molecule has 0 saturated carbocycles. The molecule has 3 aromatic rings. The fraction of sp³-hybridized carbons (Fsp3) is 0.174. The van der Waals surface area contributed by atoms with Crippen molar-refractivity contribution in [3.63, 3.8) is 0 Å². The average molecular weight is 454 g/mol. The van der Waals surface area contributed by atoms with E-state index in [4.69, 9.17) is 22.1 Å². The number of ether oxygens (including phenoxy) is 1. The molecule has 0 unspecified atom stereocenters. The van der Waals surface area contributed by atoms with Gasteiger partial charge in [0.1, 0.15) is 17.7 Å². The second-order valence-corrected chi connectivity index (χ2v) is 8.70. The summed E-state index contributed by atoms with van der Waals surface area (Å²) in [6, 6.07) is 11.1. The van der Waals surface area contributed by atoms with Gasteiger partial charge < -0.3 is 15.8 Å². The van der Waals surface area contributed by atoms with Crippen LogP contribution in [0.5, 0.6) is 5.75 Å². The van der Waals surface area contributed by atoms with E-state index in [9.17, 15) is 9.59 Å². The Kier molecular flexibility index (Phi) is 6.06. The van der Waals surface area contributed by atoms with Crippen LogP contribution in [0.15, 0.2) is 48.7 Å². The Morgan fingerprint density at radius 3 is 2.87 bits per heavy atom. The van der Waals surface area contributed by atoms with Crippen LogP contribution < -0.4 is 15.8 Å². The lowest BCUT2D eigenvalue weighted by molar-refractivity contribution is -0.116. The maximum atomic E-state index is 12.1. The molecule has 1 aliphatic heterocycles. The fourth-order valence-electron chi connectivity index (χ4n) is 3.29. The highest BCUT2D eigenvalue weighted by atomic mass is 35.5. The number of carbonyl (C=O) groups excluding carboxylic acids is 2. The van der Waals surface area contributed by atoms with Crippen LogP contribution in [0.2, 0.25) is 5.02 Å². The summed E-state index contributed by atoms with van der Waals surface area (Å²) in [6.07, 6.45) is 5.16. The highest BCUT2D eigenvalue weighted by Crippen LogP contribution is 2.41.